The van der Waals surface area contributed by atoms with Crippen molar-refractivity contribution in [3.63, 3.8) is 0 Å². The minimum atomic E-state index is -0.722. The summed E-state index contributed by atoms with van der Waals surface area (Å²) in [6, 6.07) is 24.1. The van der Waals surface area contributed by atoms with Crippen LogP contribution in [0, 0.1) is 0 Å². The van der Waals surface area contributed by atoms with E-state index in [9.17, 15) is 14.4 Å². The van der Waals surface area contributed by atoms with Crippen molar-refractivity contribution in [1.29, 1.82) is 0 Å². The Balaban J connectivity index is 1.54. The molecule has 1 amide bonds. The molecule has 1 aromatic heterocycles. The number of para-hydroxylation sites is 2. The number of benzene rings is 3. The van der Waals surface area contributed by atoms with Gasteiger partial charge in [-0.05, 0) is 49.2 Å². The van der Waals surface area contributed by atoms with Gasteiger partial charge >= 0.3 is 11.1 Å². The average molecular weight is 458 g/mol. The number of fused-ring (bicyclic) bond motifs is 1. The highest BCUT2D eigenvalue weighted by atomic mass is 16.5. The highest BCUT2D eigenvalue weighted by Crippen LogP contribution is 2.14. The topological polar surface area (TPSA) is 82.3 Å². The largest absolute Gasteiger partial charge is 0.491 e. The third kappa shape index (κ3) is 5.26. The zero-order chi connectivity index (χ0) is 24.1. The van der Waals surface area contributed by atoms with Gasteiger partial charge in [0.15, 0.2) is 0 Å². The van der Waals surface area contributed by atoms with Crippen LogP contribution < -0.4 is 21.2 Å². The molecule has 34 heavy (non-hydrogen) atoms. The molecule has 0 saturated carbocycles. The van der Waals surface area contributed by atoms with Gasteiger partial charge in [-0.1, -0.05) is 54.6 Å². The molecular formula is C27H27N3O4. The molecule has 7 nitrogen and oxygen atoms in total. The lowest BCUT2D eigenvalue weighted by molar-refractivity contribution is -0.121. The standard InChI is InChI=1S/C27H27N3O4/c1-19(2)34-22-14-12-20(13-15-22)16-28-25(31)18-30-24-11-7-6-10-23(24)29(26(32)27(30)33)17-21-8-4-3-5-9-21/h3-15,19H,16-18H2,1-2H3,(H,28,31). The van der Waals surface area contributed by atoms with Crippen LogP contribution >= 0.6 is 0 Å². The number of carbonyl (C=O) groups is 1. The number of hydrogen-bond donors (Lipinski definition) is 1. The molecule has 3 aromatic carbocycles. The number of amides is 1. The Morgan fingerprint density at radius 2 is 1.38 bits per heavy atom. The monoisotopic (exact) mass is 457 g/mol. The van der Waals surface area contributed by atoms with E-state index in [-0.39, 0.29) is 25.1 Å². The molecule has 0 radical (unpaired) electrons. The Morgan fingerprint density at radius 1 is 0.794 bits per heavy atom. The van der Waals surface area contributed by atoms with Crippen LogP contribution in [0.5, 0.6) is 5.75 Å². The first-order valence-electron chi connectivity index (χ1n) is 11.2. The summed E-state index contributed by atoms with van der Waals surface area (Å²) < 4.78 is 8.33. The summed E-state index contributed by atoms with van der Waals surface area (Å²) in [7, 11) is 0. The number of rotatable bonds is 8. The lowest BCUT2D eigenvalue weighted by atomic mass is 10.2. The highest BCUT2D eigenvalue weighted by Gasteiger charge is 2.15. The van der Waals surface area contributed by atoms with Crippen molar-refractivity contribution in [2.75, 3.05) is 0 Å². The Hall–Kier alpha value is -4.13. The van der Waals surface area contributed by atoms with Crippen LogP contribution in [0.3, 0.4) is 0 Å². The number of hydrogen-bond acceptors (Lipinski definition) is 4. The van der Waals surface area contributed by atoms with E-state index in [0.29, 0.717) is 17.6 Å². The van der Waals surface area contributed by atoms with Crippen LogP contribution in [0.2, 0.25) is 0 Å². The van der Waals surface area contributed by atoms with Gasteiger partial charge in [0.25, 0.3) is 0 Å². The fourth-order valence-corrected chi connectivity index (χ4v) is 3.81. The van der Waals surface area contributed by atoms with Crippen LogP contribution in [0.4, 0.5) is 0 Å². The molecule has 1 heterocycles. The molecule has 0 bridgehead atoms. The Morgan fingerprint density at radius 3 is 2.03 bits per heavy atom. The highest BCUT2D eigenvalue weighted by molar-refractivity contribution is 5.80. The van der Waals surface area contributed by atoms with E-state index in [4.69, 9.17) is 4.74 Å². The van der Waals surface area contributed by atoms with Crippen molar-refractivity contribution in [3.05, 3.63) is 111 Å². The maximum atomic E-state index is 13.0. The molecule has 0 unspecified atom stereocenters. The lowest BCUT2D eigenvalue weighted by Crippen LogP contribution is -2.44. The number of ether oxygens (including phenoxy) is 1. The van der Waals surface area contributed by atoms with Gasteiger partial charge in [0.05, 0.1) is 23.7 Å². The second-order valence-corrected chi connectivity index (χ2v) is 8.34. The zero-order valence-corrected chi connectivity index (χ0v) is 19.2. The van der Waals surface area contributed by atoms with Gasteiger partial charge in [-0.3, -0.25) is 23.5 Å². The van der Waals surface area contributed by atoms with Gasteiger partial charge in [-0.25, -0.2) is 0 Å². The predicted octanol–water partition coefficient (Wildman–Crippen LogP) is 3.32. The van der Waals surface area contributed by atoms with Crippen molar-refractivity contribution < 1.29 is 9.53 Å². The van der Waals surface area contributed by atoms with Crippen molar-refractivity contribution >= 4 is 16.9 Å². The minimum Gasteiger partial charge on any atom is -0.491 e. The molecule has 1 N–H and O–H groups in total. The van der Waals surface area contributed by atoms with E-state index in [0.717, 1.165) is 16.9 Å². The van der Waals surface area contributed by atoms with E-state index in [1.807, 2.05) is 74.5 Å². The van der Waals surface area contributed by atoms with Crippen molar-refractivity contribution in [2.45, 2.75) is 39.6 Å². The molecule has 0 atom stereocenters. The molecule has 0 saturated heterocycles. The normalized spacial score (nSPS) is 11.0. The second kappa shape index (κ2) is 10.2. The number of nitrogens with zero attached hydrogens (tertiary/aromatic N) is 2. The van der Waals surface area contributed by atoms with Crippen LogP contribution in [0.1, 0.15) is 25.0 Å². The molecular weight excluding hydrogens is 430 g/mol. The summed E-state index contributed by atoms with van der Waals surface area (Å²) in [6.45, 7) is 4.26. The van der Waals surface area contributed by atoms with Gasteiger partial charge in [-0.15, -0.1) is 0 Å². The van der Waals surface area contributed by atoms with E-state index in [1.54, 1.807) is 18.2 Å². The lowest BCUT2D eigenvalue weighted by Gasteiger charge is -2.15. The molecule has 0 aliphatic carbocycles. The first-order valence-corrected chi connectivity index (χ1v) is 11.2. The third-order valence-electron chi connectivity index (χ3n) is 5.41. The first kappa shape index (κ1) is 23.0. The van der Waals surface area contributed by atoms with E-state index in [2.05, 4.69) is 5.32 Å². The van der Waals surface area contributed by atoms with E-state index in [1.165, 1.54) is 9.13 Å². The number of nitrogens with one attached hydrogen (secondary N) is 1. The van der Waals surface area contributed by atoms with Gasteiger partial charge in [0, 0.05) is 6.54 Å². The minimum absolute atomic E-state index is 0.0850. The molecule has 4 rings (SSSR count). The van der Waals surface area contributed by atoms with E-state index >= 15 is 0 Å². The van der Waals surface area contributed by atoms with Crippen LogP contribution in [-0.4, -0.2) is 21.1 Å². The van der Waals surface area contributed by atoms with Crippen LogP contribution in [0.25, 0.3) is 11.0 Å². The van der Waals surface area contributed by atoms with E-state index < -0.39 is 11.1 Å². The van der Waals surface area contributed by atoms with Gasteiger partial charge in [0.2, 0.25) is 5.91 Å². The van der Waals surface area contributed by atoms with Crippen molar-refractivity contribution in [1.82, 2.24) is 14.5 Å². The smallest absolute Gasteiger partial charge is 0.317 e. The van der Waals surface area contributed by atoms with Gasteiger partial charge in [0.1, 0.15) is 12.3 Å². The summed E-state index contributed by atoms with van der Waals surface area (Å²) in [5, 5.41) is 2.83. The Labute approximate surface area is 197 Å². The molecule has 0 aliphatic heterocycles. The zero-order valence-electron chi connectivity index (χ0n) is 19.2. The summed E-state index contributed by atoms with van der Waals surface area (Å²) in [6.07, 6.45) is 0.0850. The third-order valence-corrected chi connectivity index (χ3v) is 5.41. The van der Waals surface area contributed by atoms with Crippen LogP contribution in [0.15, 0.2) is 88.5 Å². The maximum absolute atomic E-state index is 13.0. The van der Waals surface area contributed by atoms with Crippen molar-refractivity contribution in [3.8, 4) is 5.75 Å². The summed E-state index contributed by atoms with van der Waals surface area (Å²) in [5.41, 5.74) is 1.57. The van der Waals surface area contributed by atoms with Gasteiger partial charge in [-0.2, -0.15) is 0 Å². The second-order valence-electron chi connectivity index (χ2n) is 8.34. The first-order chi connectivity index (χ1) is 16.4. The van der Waals surface area contributed by atoms with Gasteiger partial charge < -0.3 is 10.1 Å². The number of carbonyl (C=O) groups excluding carboxylic acids is 1. The molecule has 4 aromatic rings. The molecule has 174 valence electrons. The molecule has 0 spiro atoms. The predicted molar refractivity (Wildman–Crippen MR) is 132 cm³/mol. The average Bonchev–Trinajstić information content (AvgIpc) is 2.84. The Bertz CT molecular complexity index is 1400. The van der Waals surface area contributed by atoms with Crippen LogP contribution in [-0.2, 0) is 24.4 Å². The molecule has 0 fully saturated rings. The fraction of sp³-hybridized carbons (Fsp3) is 0.222. The number of aromatic nitrogens is 2. The summed E-state index contributed by atoms with van der Waals surface area (Å²) >= 11 is 0. The summed E-state index contributed by atoms with van der Waals surface area (Å²) in [5.74, 6) is 0.411. The SMILES string of the molecule is CC(C)Oc1ccc(CNC(=O)Cn2c(=O)c(=O)n(Cc3ccccc3)c3ccccc32)cc1. The quantitative estimate of drug-likeness (QED) is 0.412. The molecule has 0 aliphatic rings. The molecule has 7 heteroatoms. The Kier molecular flexibility index (Phi) is 6.92. The summed E-state index contributed by atoms with van der Waals surface area (Å²) in [4.78, 5) is 38.6. The maximum Gasteiger partial charge on any atom is 0.317 e. The fourth-order valence-electron chi connectivity index (χ4n) is 3.81. The van der Waals surface area contributed by atoms with Crippen molar-refractivity contribution in [2.24, 2.45) is 0 Å².